The molecule has 0 radical (unpaired) electrons. The van der Waals surface area contributed by atoms with E-state index in [1.807, 2.05) is 12.1 Å². The Bertz CT molecular complexity index is 785. The predicted molar refractivity (Wildman–Crippen MR) is 107 cm³/mol. The fourth-order valence-electron chi connectivity index (χ4n) is 4.30. The molecule has 2 aliphatic heterocycles. The number of amides is 3. The standard InChI is InChI=1S/C20H26ClF3N4O2/c1-19(2)9-13(7-8-28(19)11-20(22,23)24)16(12-3-5-14(21)6-4-12)27-17(29)15-10-25-18(30)26-15/h3-6,13,15-16H,7-11H2,1-2H3,(H,27,29)(H2,25,26,30)/t13-,15+,16-/m1/s1. The summed E-state index contributed by atoms with van der Waals surface area (Å²) in [5.41, 5.74) is 0.145. The maximum absolute atomic E-state index is 13.0. The fraction of sp³-hybridized carbons (Fsp3) is 0.600. The summed E-state index contributed by atoms with van der Waals surface area (Å²) >= 11 is 6.00. The highest BCUT2D eigenvalue weighted by molar-refractivity contribution is 6.30. The van der Waals surface area contributed by atoms with Gasteiger partial charge in [-0.1, -0.05) is 23.7 Å². The summed E-state index contributed by atoms with van der Waals surface area (Å²) in [6.45, 7) is 3.11. The van der Waals surface area contributed by atoms with E-state index in [0.29, 0.717) is 17.9 Å². The van der Waals surface area contributed by atoms with Crippen LogP contribution < -0.4 is 16.0 Å². The average Bonchev–Trinajstić information content (AvgIpc) is 3.07. The highest BCUT2D eigenvalue weighted by Crippen LogP contribution is 2.40. The summed E-state index contributed by atoms with van der Waals surface area (Å²) in [7, 11) is 0. The topological polar surface area (TPSA) is 73.5 Å². The number of halogens is 4. The van der Waals surface area contributed by atoms with E-state index in [-0.39, 0.29) is 24.9 Å². The number of nitrogens with zero attached hydrogens (tertiary/aromatic N) is 1. The minimum atomic E-state index is -4.26. The van der Waals surface area contributed by atoms with E-state index in [9.17, 15) is 22.8 Å². The normalized spacial score (nSPS) is 25.3. The molecule has 0 unspecified atom stereocenters. The van der Waals surface area contributed by atoms with Gasteiger partial charge in [0.25, 0.3) is 0 Å². The molecule has 3 rings (SSSR count). The number of nitrogens with one attached hydrogen (secondary N) is 3. The van der Waals surface area contributed by atoms with Crippen molar-refractivity contribution in [1.82, 2.24) is 20.9 Å². The molecule has 6 nitrogen and oxygen atoms in total. The molecule has 1 aromatic rings. The molecule has 2 fully saturated rings. The number of carbonyl (C=O) groups excluding carboxylic acids is 2. The second-order valence-electron chi connectivity index (χ2n) is 8.55. The van der Waals surface area contributed by atoms with Crippen molar-refractivity contribution in [2.45, 2.75) is 50.5 Å². The lowest BCUT2D eigenvalue weighted by Crippen LogP contribution is -2.55. The smallest absolute Gasteiger partial charge is 0.347 e. The van der Waals surface area contributed by atoms with Crippen LogP contribution in [0.25, 0.3) is 0 Å². The number of hydrogen-bond donors (Lipinski definition) is 3. The van der Waals surface area contributed by atoms with E-state index in [2.05, 4.69) is 16.0 Å². The van der Waals surface area contributed by atoms with E-state index < -0.39 is 36.4 Å². The molecule has 3 atom stereocenters. The third kappa shape index (κ3) is 5.57. The molecule has 10 heteroatoms. The van der Waals surface area contributed by atoms with Gasteiger partial charge in [-0.25, -0.2) is 4.79 Å². The van der Waals surface area contributed by atoms with Crippen LogP contribution in [0.1, 0.15) is 38.3 Å². The third-order valence-electron chi connectivity index (χ3n) is 5.84. The summed E-state index contributed by atoms with van der Waals surface area (Å²) in [5, 5.41) is 8.67. The van der Waals surface area contributed by atoms with Gasteiger partial charge in [0, 0.05) is 17.1 Å². The molecule has 0 bridgehead atoms. The lowest BCUT2D eigenvalue weighted by molar-refractivity contribution is -0.164. The number of likely N-dealkylation sites (tertiary alicyclic amines) is 1. The molecule has 3 amide bonds. The van der Waals surface area contributed by atoms with Gasteiger partial charge in [0.2, 0.25) is 5.91 Å². The lowest BCUT2D eigenvalue weighted by atomic mass is 9.77. The second kappa shape index (κ2) is 8.63. The molecule has 2 heterocycles. The van der Waals surface area contributed by atoms with Crippen LogP contribution in [-0.4, -0.2) is 54.2 Å². The Balaban J connectivity index is 1.79. The van der Waals surface area contributed by atoms with Crippen molar-refractivity contribution in [3.05, 3.63) is 34.9 Å². The quantitative estimate of drug-likeness (QED) is 0.650. The SMILES string of the molecule is CC1(C)C[C@H]([C@H](NC(=O)[C@@H]2CNC(=O)N2)c2ccc(Cl)cc2)CCN1CC(F)(F)F. The number of rotatable bonds is 5. The third-order valence-corrected chi connectivity index (χ3v) is 6.10. The first-order valence-corrected chi connectivity index (χ1v) is 10.2. The van der Waals surface area contributed by atoms with Gasteiger partial charge in [-0.15, -0.1) is 0 Å². The molecule has 30 heavy (non-hydrogen) atoms. The van der Waals surface area contributed by atoms with Crippen LogP contribution in [0, 0.1) is 5.92 Å². The molecule has 2 saturated heterocycles. The zero-order valence-electron chi connectivity index (χ0n) is 16.9. The Labute approximate surface area is 178 Å². The van der Waals surface area contributed by atoms with Crippen LogP contribution in [-0.2, 0) is 4.79 Å². The maximum atomic E-state index is 13.0. The summed E-state index contributed by atoms with van der Waals surface area (Å²) in [6.07, 6.45) is -3.28. The van der Waals surface area contributed by atoms with Crippen molar-refractivity contribution in [1.29, 1.82) is 0 Å². The molecular formula is C20H26ClF3N4O2. The second-order valence-corrected chi connectivity index (χ2v) is 8.98. The highest BCUT2D eigenvalue weighted by Gasteiger charge is 2.43. The van der Waals surface area contributed by atoms with Crippen LogP contribution >= 0.6 is 11.6 Å². The molecule has 1 aromatic carbocycles. The highest BCUT2D eigenvalue weighted by atomic mass is 35.5. The predicted octanol–water partition coefficient (Wildman–Crippen LogP) is 3.23. The molecule has 0 aromatic heterocycles. The van der Waals surface area contributed by atoms with E-state index in [1.165, 1.54) is 4.90 Å². The van der Waals surface area contributed by atoms with Gasteiger partial charge in [0.05, 0.1) is 12.6 Å². The van der Waals surface area contributed by atoms with Crippen molar-refractivity contribution >= 4 is 23.5 Å². The van der Waals surface area contributed by atoms with Crippen LogP contribution in [0.5, 0.6) is 0 Å². The summed E-state index contributed by atoms with van der Waals surface area (Å²) < 4.78 is 38.9. The minimum absolute atomic E-state index is 0.0697. The molecule has 3 N–H and O–H groups in total. The Hall–Kier alpha value is -2.00. The Kier molecular flexibility index (Phi) is 6.52. The van der Waals surface area contributed by atoms with E-state index in [1.54, 1.807) is 26.0 Å². The zero-order valence-corrected chi connectivity index (χ0v) is 17.6. The summed E-state index contributed by atoms with van der Waals surface area (Å²) in [5.74, 6) is -0.400. The van der Waals surface area contributed by atoms with Crippen LogP contribution in [0.2, 0.25) is 5.02 Å². The molecule has 0 aliphatic carbocycles. The largest absolute Gasteiger partial charge is 0.401 e. The minimum Gasteiger partial charge on any atom is -0.347 e. The molecule has 2 aliphatic rings. The molecule has 166 valence electrons. The first kappa shape index (κ1) is 22.7. The van der Waals surface area contributed by atoms with Crippen LogP contribution in [0.15, 0.2) is 24.3 Å². The number of alkyl halides is 3. The Morgan fingerprint density at radius 1 is 1.33 bits per heavy atom. The molecule has 0 spiro atoms. The van der Waals surface area contributed by atoms with Gasteiger partial charge >= 0.3 is 12.2 Å². The van der Waals surface area contributed by atoms with Crippen LogP contribution in [0.4, 0.5) is 18.0 Å². The van der Waals surface area contributed by atoms with E-state index in [4.69, 9.17) is 11.6 Å². The summed E-state index contributed by atoms with van der Waals surface area (Å²) in [4.78, 5) is 25.6. The monoisotopic (exact) mass is 446 g/mol. The van der Waals surface area contributed by atoms with E-state index in [0.717, 1.165) is 5.56 Å². The van der Waals surface area contributed by atoms with Crippen LogP contribution in [0.3, 0.4) is 0 Å². The number of urea groups is 1. The molecule has 0 saturated carbocycles. The fourth-order valence-corrected chi connectivity index (χ4v) is 4.43. The first-order valence-electron chi connectivity index (χ1n) is 9.87. The van der Waals surface area contributed by atoms with Gasteiger partial charge in [0.15, 0.2) is 0 Å². The van der Waals surface area contributed by atoms with Gasteiger partial charge in [-0.3, -0.25) is 9.69 Å². The zero-order chi connectivity index (χ0) is 22.1. The molecular weight excluding hydrogens is 421 g/mol. The number of hydrogen-bond acceptors (Lipinski definition) is 3. The Morgan fingerprint density at radius 3 is 2.53 bits per heavy atom. The lowest BCUT2D eigenvalue weighted by Gasteiger charge is -2.48. The average molecular weight is 447 g/mol. The number of carbonyl (C=O) groups is 2. The van der Waals surface area contributed by atoms with Crippen molar-refractivity contribution in [3.63, 3.8) is 0 Å². The van der Waals surface area contributed by atoms with Crippen molar-refractivity contribution in [2.24, 2.45) is 5.92 Å². The maximum Gasteiger partial charge on any atom is 0.401 e. The Morgan fingerprint density at radius 2 is 2.00 bits per heavy atom. The van der Waals surface area contributed by atoms with Gasteiger partial charge < -0.3 is 16.0 Å². The van der Waals surface area contributed by atoms with Crippen molar-refractivity contribution in [3.8, 4) is 0 Å². The van der Waals surface area contributed by atoms with Gasteiger partial charge in [0.1, 0.15) is 6.04 Å². The van der Waals surface area contributed by atoms with Gasteiger partial charge in [-0.2, -0.15) is 13.2 Å². The van der Waals surface area contributed by atoms with Crippen molar-refractivity contribution < 1.29 is 22.8 Å². The van der Waals surface area contributed by atoms with E-state index >= 15 is 0 Å². The number of piperidine rings is 1. The first-order chi connectivity index (χ1) is 13.9. The van der Waals surface area contributed by atoms with Crippen molar-refractivity contribution in [2.75, 3.05) is 19.6 Å². The number of benzene rings is 1. The van der Waals surface area contributed by atoms with Gasteiger partial charge in [-0.05, 0) is 56.8 Å². The summed E-state index contributed by atoms with van der Waals surface area (Å²) in [6, 6.07) is 5.57.